The van der Waals surface area contributed by atoms with Crippen LogP contribution in [0, 0.1) is 0 Å². The maximum atomic E-state index is 5.39. The molecule has 0 radical (unpaired) electrons. The largest absolute Gasteiger partial charge is 0.362 e. The Morgan fingerprint density at radius 2 is 1.94 bits per heavy atom. The second kappa shape index (κ2) is 6.87. The van der Waals surface area contributed by atoms with E-state index in [9.17, 15) is 0 Å². The molecule has 4 heteroatoms. The number of hydrogen-bond donors (Lipinski definition) is 1. The maximum absolute atomic E-state index is 5.39. The van der Waals surface area contributed by atoms with E-state index >= 15 is 0 Å². The van der Waals surface area contributed by atoms with Crippen molar-refractivity contribution in [3.8, 4) is 0 Å². The normalized spacial score (nSPS) is 15.6. The molecule has 0 aromatic heterocycles. The lowest BCUT2D eigenvalue weighted by atomic mass is 10.1. The predicted octanol–water partition coefficient (Wildman–Crippen LogP) is 2.15. The second-order valence-corrected chi connectivity index (χ2v) is 5.68. The van der Waals surface area contributed by atoms with Crippen molar-refractivity contribution in [3.05, 3.63) is 35.9 Å². The molecule has 0 amide bonds. The van der Waals surface area contributed by atoms with Crippen molar-refractivity contribution in [2.75, 3.05) is 31.1 Å². The fourth-order valence-electron chi connectivity index (χ4n) is 1.84. The minimum atomic E-state index is 0.918. The highest BCUT2D eigenvalue weighted by atomic mass is 32.2. The summed E-state index contributed by atoms with van der Waals surface area (Å²) in [6.45, 7) is 3.09. The molecule has 1 aromatic rings. The van der Waals surface area contributed by atoms with Gasteiger partial charge in [-0.2, -0.15) is 11.8 Å². The lowest BCUT2D eigenvalue weighted by Crippen LogP contribution is -2.44. The molecule has 1 N–H and O–H groups in total. The van der Waals surface area contributed by atoms with Gasteiger partial charge in [-0.3, -0.25) is 0 Å². The first-order chi connectivity index (χ1) is 8.36. The van der Waals surface area contributed by atoms with Gasteiger partial charge in [-0.25, -0.2) is 0 Å². The van der Waals surface area contributed by atoms with Crippen LogP contribution in [0.5, 0.6) is 0 Å². The van der Waals surface area contributed by atoms with Crippen molar-refractivity contribution in [1.82, 2.24) is 10.2 Å². The molecule has 0 atom stereocenters. The molecule has 1 saturated heterocycles. The molecule has 0 bridgehead atoms. The number of nitrogens with one attached hydrogen (secondary N) is 1. The van der Waals surface area contributed by atoms with Crippen molar-refractivity contribution < 1.29 is 0 Å². The van der Waals surface area contributed by atoms with Crippen LogP contribution in [0.2, 0.25) is 0 Å². The monoisotopic (exact) mass is 266 g/mol. The van der Waals surface area contributed by atoms with E-state index in [1.807, 2.05) is 17.8 Å². The summed E-state index contributed by atoms with van der Waals surface area (Å²) in [4.78, 5) is 2.27. The van der Waals surface area contributed by atoms with E-state index in [4.69, 9.17) is 12.2 Å². The Morgan fingerprint density at radius 3 is 2.65 bits per heavy atom. The van der Waals surface area contributed by atoms with Gasteiger partial charge < -0.3 is 10.2 Å². The lowest BCUT2D eigenvalue weighted by molar-refractivity contribution is 0.454. The molecule has 1 aliphatic heterocycles. The summed E-state index contributed by atoms with van der Waals surface area (Å²) >= 11 is 7.40. The summed E-state index contributed by atoms with van der Waals surface area (Å²) in [6.07, 6.45) is 1.03. The number of hydrogen-bond acceptors (Lipinski definition) is 2. The van der Waals surface area contributed by atoms with Crippen molar-refractivity contribution >= 4 is 29.1 Å². The van der Waals surface area contributed by atoms with E-state index < -0.39 is 0 Å². The van der Waals surface area contributed by atoms with Gasteiger partial charge in [0.15, 0.2) is 5.11 Å². The average molecular weight is 266 g/mol. The third-order valence-corrected chi connectivity index (χ3v) is 4.18. The van der Waals surface area contributed by atoms with Gasteiger partial charge in [0.25, 0.3) is 0 Å². The van der Waals surface area contributed by atoms with Crippen LogP contribution in [0.4, 0.5) is 0 Å². The summed E-state index contributed by atoms with van der Waals surface area (Å²) in [5, 5.41) is 4.27. The van der Waals surface area contributed by atoms with Crippen molar-refractivity contribution in [2.24, 2.45) is 0 Å². The molecular formula is C13H18N2S2. The summed E-state index contributed by atoms with van der Waals surface area (Å²) in [7, 11) is 0. The van der Waals surface area contributed by atoms with E-state index in [0.717, 1.165) is 31.2 Å². The topological polar surface area (TPSA) is 15.3 Å². The number of thiocarbonyl (C=S) groups is 1. The standard InChI is InChI=1S/C13H18N2S2/c16-13(15-8-10-17-11-9-15)14-7-6-12-4-2-1-3-5-12/h1-5H,6-11H2,(H,14,16). The van der Waals surface area contributed by atoms with Crippen molar-refractivity contribution in [2.45, 2.75) is 6.42 Å². The molecule has 1 aromatic carbocycles. The molecule has 2 rings (SSSR count). The number of rotatable bonds is 3. The highest BCUT2D eigenvalue weighted by Gasteiger charge is 2.12. The van der Waals surface area contributed by atoms with Gasteiger partial charge in [0.1, 0.15) is 0 Å². The zero-order valence-electron chi connectivity index (χ0n) is 9.89. The fourth-order valence-corrected chi connectivity index (χ4v) is 3.02. The van der Waals surface area contributed by atoms with E-state index in [-0.39, 0.29) is 0 Å². The summed E-state index contributed by atoms with van der Waals surface area (Å²) in [5.74, 6) is 2.39. The van der Waals surface area contributed by atoms with Crippen LogP contribution in [0.25, 0.3) is 0 Å². The van der Waals surface area contributed by atoms with E-state index in [2.05, 4.69) is 34.5 Å². The Morgan fingerprint density at radius 1 is 1.24 bits per heavy atom. The van der Waals surface area contributed by atoms with Crippen molar-refractivity contribution in [1.29, 1.82) is 0 Å². The Kier molecular flexibility index (Phi) is 5.13. The quantitative estimate of drug-likeness (QED) is 0.843. The highest BCUT2D eigenvalue weighted by molar-refractivity contribution is 7.99. The molecule has 1 aliphatic rings. The molecule has 0 unspecified atom stereocenters. The first-order valence-corrected chi connectivity index (χ1v) is 7.57. The van der Waals surface area contributed by atoms with Gasteiger partial charge in [0, 0.05) is 31.1 Å². The van der Waals surface area contributed by atoms with Gasteiger partial charge >= 0.3 is 0 Å². The lowest BCUT2D eigenvalue weighted by Gasteiger charge is -2.29. The minimum Gasteiger partial charge on any atom is -0.362 e. The number of benzene rings is 1. The number of thioether (sulfide) groups is 1. The van der Waals surface area contributed by atoms with Gasteiger partial charge in [0.05, 0.1) is 0 Å². The van der Waals surface area contributed by atoms with Crippen LogP contribution in [-0.4, -0.2) is 41.2 Å². The van der Waals surface area contributed by atoms with Crippen LogP contribution >= 0.6 is 24.0 Å². The summed E-state index contributed by atoms with van der Waals surface area (Å²) in [5.41, 5.74) is 1.36. The van der Waals surface area contributed by atoms with Crippen molar-refractivity contribution in [3.63, 3.8) is 0 Å². The molecule has 1 heterocycles. The Bertz CT molecular complexity index is 348. The smallest absolute Gasteiger partial charge is 0.168 e. The Labute approximate surface area is 113 Å². The minimum absolute atomic E-state index is 0.918. The molecule has 17 heavy (non-hydrogen) atoms. The predicted molar refractivity (Wildman–Crippen MR) is 79.6 cm³/mol. The highest BCUT2D eigenvalue weighted by Crippen LogP contribution is 2.09. The molecular weight excluding hydrogens is 248 g/mol. The first-order valence-electron chi connectivity index (χ1n) is 6.01. The third-order valence-electron chi connectivity index (χ3n) is 2.83. The fraction of sp³-hybridized carbons (Fsp3) is 0.462. The van der Waals surface area contributed by atoms with E-state index in [1.54, 1.807) is 0 Å². The molecule has 1 fully saturated rings. The summed E-state index contributed by atoms with van der Waals surface area (Å²) < 4.78 is 0. The van der Waals surface area contributed by atoms with Crippen LogP contribution in [-0.2, 0) is 6.42 Å². The van der Waals surface area contributed by atoms with Gasteiger partial charge in [-0.15, -0.1) is 0 Å². The molecule has 0 spiro atoms. The molecule has 2 nitrogen and oxygen atoms in total. The van der Waals surface area contributed by atoms with Crippen LogP contribution in [0.1, 0.15) is 5.56 Å². The van der Waals surface area contributed by atoms with E-state index in [1.165, 1.54) is 17.1 Å². The van der Waals surface area contributed by atoms with Gasteiger partial charge in [0.2, 0.25) is 0 Å². The summed E-state index contributed by atoms with van der Waals surface area (Å²) in [6, 6.07) is 10.5. The van der Waals surface area contributed by atoms with Crippen LogP contribution in [0.15, 0.2) is 30.3 Å². The van der Waals surface area contributed by atoms with Crippen LogP contribution in [0.3, 0.4) is 0 Å². The van der Waals surface area contributed by atoms with Crippen LogP contribution < -0.4 is 5.32 Å². The first kappa shape index (κ1) is 12.7. The molecule has 92 valence electrons. The zero-order valence-corrected chi connectivity index (χ0v) is 11.5. The molecule has 0 saturated carbocycles. The third kappa shape index (κ3) is 4.21. The van der Waals surface area contributed by atoms with E-state index in [0.29, 0.717) is 0 Å². The Hall–Kier alpha value is -0.740. The number of nitrogens with zero attached hydrogens (tertiary/aromatic N) is 1. The maximum Gasteiger partial charge on any atom is 0.168 e. The zero-order chi connectivity index (χ0) is 11.9. The average Bonchev–Trinajstić information content (AvgIpc) is 2.41. The van der Waals surface area contributed by atoms with Gasteiger partial charge in [-0.05, 0) is 24.2 Å². The van der Waals surface area contributed by atoms with Gasteiger partial charge in [-0.1, -0.05) is 30.3 Å². The molecule has 0 aliphatic carbocycles. The second-order valence-electron chi connectivity index (χ2n) is 4.07. The SMILES string of the molecule is S=C(NCCc1ccccc1)N1CCSCC1. The Balaban J connectivity index is 1.69.